The van der Waals surface area contributed by atoms with Gasteiger partial charge in [0.25, 0.3) is 0 Å². The molecule has 0 bridgehead atoms. The van der Waals surface area contributed by atoms with Crippen molar-refractivity contribution in [2.45, 2.75) is 52.4 Å². The summed E-state index contributed by atoms with van der Waals surface area (Å²) in [6.07, 6.45) is 8.42. The molecule has 0 aromatic carbocycles. The van der Waals surface area contributed by atoms with Gasteiger partial charge in [0.15, 0.2) is 5.96 Å². The second-order valence-electron chi connectivity index (χ2n) is 7.18. The molecule has 1 saturated carbocycles. The van der Waals surface area contributed by atoms with Gasteiger partial charge in [-0.1, -0.05) is 26.7 Å². The van der Waals surface area contributed by atoms with Crippen LogP contribution in [0.4, 0.5) is 0 Å². The Bertz CT molecular complexity index is 474. The van der Waals surface area contributed by atoms with Gasteiger partial charge in [-0.05, 0) is 37.0 Å². The van der Waals surface area contributed by atoms with Gasteiger partial charge in [-0.2, -0.15) is 0 Å². The van der Waals surface area contributed by atoms with E-state index in [1.54, 1.807) is 7.05 Å². The lowest BCUT2D eigenvalue weighted by Gasteiger charge is -2.32. The summed E-state index contributed by atoms with van der Waals surface area (Å²) in [6.45, 7) is 6.69. The predicted octanol–water partition coefficient (Wildman–Crippen LogP) is 2.32. The first-order chi connectivity index (χ1) is 10.8. The summed E-state index contributed by atoms with van der Waals surface area (Å²) in [6, 6.07) is 0. The lowest BCUT2D eigenvalue weighted by Crippen LogP contribution is -2.44. The molecule has 0 heterocycles. The van der Waals surface area contributed by atoms with Crippen molar-refractivity contribution < 1.29 is 8.42 Å². The molecule has 1 aliphatic rings. The Labute approximate surface area is 165 Å². The third kappa shape index (κ3) is 10.0. The summed E-state index contributed by atoms with van der Waals surface area (Å²) in [5, 5.41) is 6.72. The Balaban J connectivity index is 0.00000529. The highest BCUT2D eigenvalue weighted by Gasteiger charge is 2.34. The number of aliphatic imine (C=N–C) groups is 1. The summed E-state index contributed by atoms with van der Waals surface area (Å²) in [5.41, 5.74) is 0.406. The third-order valence-corrected chi connectivity index (χ3v) is 5.10. The zero-order chi connectivity index (χ0) is 17.3. The number of nitrogens with zero attached hydrogens (tertiary/aromatic N) is 1. The highest BCUT2D eigenvalue weighted by molar-refractivity contribution is 14.0. The molecule has 0 atom stereocenters. The van der Waals surface area contributed by atoms with E-state index in [0.717, 1.165) is 18.9 Å². The Kier molecular flexibility index (Phi) is 11.5. The van der Waals surface area contributed by atoms with Crippen molar-refractivity contribution in [2.24, 2.45) is 16.3 Å². The largest absolute Gasteiger partial charge is 0.356 e. The molecule has 144 valence electrons. The monoisotopic (exact) mass is 474 g/mol. The minimum atomic E-state index is -3.10. The van der Waals surface area contributed by atoms with E-state index in [9.17, 15) is 8.42 Å². The van der Waals surface area contributed by atoms with E-state index >= 15 is 0 Å². The van der Waals surface area contributed by atoms with Crippen LogP contribution in [0.5, 0.6) is 0 Å². The van der Waals surface area contributed by atoms with Gasteiger partial charge in [0.05, 0.1) is 6.26 Å². The fourth-order valence-electron chi connectivity index (χ4n) is 3.49. The van der Waals surface area contributed by atoms with E-state index in [0.29, 0.717) is 24.4 Å². The second kappa shape index (κ2) is 11.5. The molecule has 8 heteroatoms. The average Bonchev–Trinajstić information content (AvgIpc) is 2.88. The number of guanidine groups is 1. The van der Waals surface area contributed by atoms with Crippen LogP contribution in [0.25, 0.3) is 0 Å². The van der Waals surface area contributed by atoms with Crippen molar-refractivity contribution in [3.05, 3.63) is 0 Å². The molecule has 0 spiro atoms. The van der Waals surface area contributed by atoms with Gasteiger partial charge in [0.2, 0.25) is 10.0 Å². The molecule has 0 radical (unpaired) electrons. The molecule has 0 aromatic rings. The predicted molar refractivity (Wildman–Crippen MR) is 113 cm³/mol. The smallest absolute Gasteiger partial charge is 0.208 e. The first-order valence-corrected chi connectivity index (χ1v) is 10.5. The quantitative estimate of drug-likeness (QED) is 0.207. The molecule has 24 heavy (non-hydrogen) atoms. The number of hydrogen-bond donors (Lipinski definition) is 3. The van der Waals surface area contributed by atoms with Gasteiger partial charge < -0.3 is 10.6 Å². The average molecular weight is 474 g/mol. The fourth-order valence-corrected chi connectivity index (χ4v) is 4.00. The zero-order valence-electron chi connectivity index (χ0n) is 15.5. The zero-order valence-corrected chi connectivity index (χ0v) is 18.7. The summed E-state index contributed by atoms with van der Waals surface area (Å²) >= 11 is 0. The normalized spacial score (nSPS) is 17.6. The van der Waals surface area contributed by atoms with E-state index < -0.39 is 10.0 Å². The second-order valence-corrected chi connectivity index (χ2v) is 9.01. The molecule has 1 aliphatic carbocycles. The van der Waals surface area contributed by atoms with Crippen molar-refractivity contribution in [3.63, 3.8) is 0 Å². The van der Waals surface area contributed by atoms with Crippen LogP contribution in [0.2, 0.25) is 0 Å². The van der Waals surface area contributed by atoms with Crippen LogP contribution in [0, 0.1) is 11.3 Å². The van der Waals surface area contributed by atoms with E-state index in [1.807, 2.05) is 0 Å². The van der Waals surface area contributed by atoms with Gasteiger partial charge in [0.1, 0.15) is 0 Å². The van der Waals surface area contributed by atoms with Crippen LogP contribution in [-0.2, 0) is 10.0 Å². The number of halogens is 1. The fraction of sp³-hybridized carbons (Fsp3) is 0.938. The van der Waals surface area contributed by atoms with Crippen LogP contribution in [0.1, 0.15) is 52.4 Å². The van der Waals surface area contributed by atoms with E-state index in [-0.39, 0.29) is 24.0 Å². The summed E-state index contributed by atoms with van der Waals surface area (Å²) in [4.78, 5) is 4.26. The maximum atomic E-state index is 11.0. The topological polar surface area (TPSA) is 82.6 Å². The highest BCUT2D eigenvalue weighted by Crippen LogP contribution is 2.42. The lowest BCUT2D eigenvalue weighted by atomic mass is 9.78. The molecule has 1 fully saturated rings. The van der Waals surface area contributed by atoms with Crippen molar-refractivity contribution in [3.8, 4) is 0 Å². The molecule has 0 unspecified atom stereocenters. The number of sulfonamides is 1. The van der Waals surface area contributed by atoms with E-state index in [1.165, 1.54) is 38.4 Å². The maximum absolute atomic E-state index is 11.0. The molecule has 0 aliphatic heterocycles. The van der Waals surface area contributed by atoms with Gasteiger partial charge in [-0.15, -0.1) is 24.0 Å². The molecular weight excluding hydrogens is 439 g/mol. The van der Waals surface area contributed by atoms with Crippen molar-refractivity contribution >= 4 is 40.0 Å². The Morgan fingerprint density at radius 2 is 1.79 bits per heavy atom. The standard InChI is InChI=1S/C16H34N4O2S.HI/c1-14(2)12-16(8-5-6-9-16)13-19-15(17-3)18-10-7-11-20-23(4,21)22;/h14,20H,5-13H2,1-4H3,(H2,17,18,19);1H. The van der Waals surface area contributed by atoms with Crippen LogP contribution in [0.15, 0.2) is 4.99 Å². The summed E-state index contributed by atoms with van der Waals surface area (Å²) < 4.78 is 24.5. The minimum Gasteiger partial charge on any atom is -0.356 e. The SMILES string of the molecule is CN=C(NCCCNS(C)(=O)=O)NCC1(CC(C)C)CCCC1.I. The third-order valence-electron chi connectivity index (χ3n) is 4.37. The number of hydrogen-bond acceptors (Lipinski definition) is 3. The highest BCUT2D eigenvalue weighted by atomic mass is 127. The van der Waals surface area contributed by atoms with Gasteiger partial charge in [-0.3, -0.25) is 4.99 Å². The van der Waals surface area contributed by atoms with Crippen LogP contribution < -0.4 is 15.4 Å². The van der Waals surface area contributed by atoms with E-state index in [4.69, 9.17) is 0 Å². The summed E-state index contributed by atoms with van der Waals surface area (Å²) in [5.74, 6) is 1.52. The van der Waals surface area contributed by atoms with Crippen molar-refractivity contribution in [1.29, 1.82) is 0 Å². The minimum absolute atomic E-state index is 0. The number of rotatable bonds is 9. The summed E-state index contributed by atoms with van der Waals surface area (Å²) in [7, 11) is -1.32. The van der Waals surface area contributed by atoms with Gasteiger partial charge in [0, 0.05) is 26.7 Å². The van der Waals surface area contributed by atoms with Crippen LogP contribution in [0.3, 0.4) is 0 Å². The number of nitrogens with one attached hydrogen (secondary N) is 3. The maximum Gasteiger partial charge on any atom is 0.208 e. The van der Waals surface area contributed by atoms with Crippen LogP contribution >= 0.6 is 24.0 Å². The van der Waals surface area contributed by atoms with Crippen LogP contribution in [-0.4, -0.2) is 47.3 Å². The molecule has 3 N–H and O–H groups in total. The van der Waals surface area contributed by atoms with Crippen molar-refractivity contribution in [2.75, 3.05) is 32.9 Å². The molecular formula is C16H35IN4O2S. The first kappa shape index (κ1) is 23.9. The van der Waals surface area contributed by atoms with Gasteiger partial charge in [-0.25, -0.2) is 13.1 Å². The van der Waals surface area contributed by atoms with Gasteiger partial charge >= 0.3 is 0 Å². The molecule has 6 nitrogen and oxygen atoms in total. The molecule has 0 aromatic heterocycles. The van der Waals surface area contributed by atoms with Crippen molar-refractivity contribution in [1.82, 2.24) is 15.4 Å². The van der Waals surface area contributed by atoms with E-state index in [2.05, 4.69) is 34.2 Å². The molecule has 1 rings (SSSR count). The molecule has 0 saturated heterocycles. The lowest BCUT2D eigenvalue weighted by molar-refractivity contribution is 0.235. The Morgan fingerprint density at radius 3 is 2.29 bits per heavy atom. The molecule has 0 amide bonds. The first-order valence-electron chi connectivity index (χ1n) is 8.65. The Hall–Kier alpha value is -0.0900. The Morgan fingerprint density at radius 1 is 1.17 bits per heavy atom.